The van der Waals surface area contributed by atoms with Crippen molar-refractivity contribution >= 4 is 26.0 Å². The first kappa shape index (κ1) is 14.5. The van der Waals surface area contributed by atoms with Gasteiger partial charge in [0.15, 0.2) is 0 Å². The zero-order valence-electron chi connectivity index (χ0n) is 9.80. The molecule has 8 heteroatoms. The Morgan fingerprint density at radius 1 is 1.62 bits per heavy atom. The molecule has 3 unspecified atom stereocenters. The first-order valence-corrected chi connectivity index (χ1v) is 7.51. The van der Waals surface area contributed by atoms with Gasteiger partial charge in [0.1, 0.15) is 7.85 Å². The van der Waals surface area contributed by atoms with Crippen molar-refractivity contribution in [2.75, 3.05) is 40.8 Å². The fourth-order valence-electron chi connectivity index (χ4n) is 1.45. The van der Waals surface area contributed by atoms with Crippen LogP contribution in [0.4, 0.5) is 0 Å². The maximum atomic E-state index is 11.7. The zero-order valence-corrected chi connectivity index (χ0v) is 11.4. The highest BCUT2D eigenvalue weighted by atomic mass is 35.7. The molecule has 1 heterocycles. The van der Waals surface area contributed by atoms with Crippen molar-refractivity contribution in [3.8, 4) is 0 Å². The van der Waals surface area contributed by atoms with Gasteiger partial charge in [-0.05, 0) is 32.4 Å². The number of rotatable bonds is 4. The second-order valence-electron chi connectivity index (χ2n) is 4.11. The molecule has 1 rings (SSSR count). The predicted molar refractivity (Wildman–Crippen MR) is 65.0 cm³/mol. The van der Waals surface area contributed by atoms with Gasteiger partial charge >= 0.3 is 6.87 Å². The molecule has 0 spiro atoms. The van der Waals surface area contributed by atoms with Crippen LogP contribution < -0.4 is 0 Å². The minimum absolute atomic E-state index is 0.178. The Labute approximate surface area is 103 Å². The monoisotopic (exact) mass is 266 g/mol. The molecule has 0 saturated carbocycles. The van der Waals surface area contributed by atoms with Gasteiger partial charge in [-0.1, -0.05) is 0 Å². The van der Waals surface area contributed by atoms with Crippen LogP contribution in [-0.4, -0.2) is 70.4 Å². The Kier molecular flexibility index (Phi) is 5.30. The standard InChI is InChI=1S/C8H17BClN2O3P/c1-11(2)16(10,13)14-6-7-4-12(3)5-8(9)15-7/h7-8H,4-6H2,1-3H3. The molecule has 5 nitrogen and oxygen atoms in total. The minimum Gasteiger partial charge on any atom is -0.380 e. The van der Waals surface area contributed by atoms with E-state index in [4.69, 9.17) is 28.3 Å². The van der Waals surface area contributed by atoms with Gasteiger partial charge < -0.3 is 14.2 Å². The fourth-order valence-corrected chi connectivity index (χ4v) is 2.20. The number of ether oxygens (including phenoxy) is 1. The molecule has 16 heavy (non-hydrogen) atoms. The average molecular weight is 266 g/mol. The molecular formula is C8H17BClN2O3P. The van der Waals surface area contributed by atoms with E-state index in [9.17, 15) is 4.57 Å². The van der Waals surface area contributed by atoms with Crippen molar-refractivity contribution in [2.45, 2.75) is 12.1 Å². The second-order valence-corrected chi connectivity index (χ2v) is 7.35. The minimum atomic E-state index is -3.20. The molecule has 1 aliphatic rings. The van der Waals surface area contributed by atoms with E-state index in [1.807, 2.05) is 11.9 Å². The third kappa shape index (κ3) is 4.36. The molecule has 0 bridgehead atoms. The molecule has 92 valence electrons. The topological polar surface area (TPSA) is 42.0 Å². The van der Waals surface area contributed by atoms with Gasteiger partial charge in [0.2, 0.25) is 0 Å². The molecule has 0 amide bonds. The van der Waals surface area contributed by atoms with Crippen LogP contribution in [0.3, 0.4) is 0 Å². The molecule has 0 aliphatic carbocycles. The normalized spacial score (nSPS) is 31.6. The van der Waals surface area contributed by atoms with Crippen LogP contribution in [-0.2, 0) is 13.8 Å². The Hall–Kier alpha value is 0.425. The molecule has 0 N–H and O–H groups in total. The summed E-state index contributed by atoms with van der Waals surface area (Å²) in [6.45, 7) is -1.65. The average Bonchev–Trinajstić information content (AvgIpc) is 2.13. The first-order valence-electron chi connectivity index (χ1n) is 5.03. The highest BCUT2D eigenvalue weighted by Gasteiger charge is 2.28. The summed E-state index contributed by atoms with van der Waals surface area (Å²) in [4.78, 5) is 2.04. The van der Waals surface area contributed by atoms with Crippen LogP contribution in [0.2, 0.25) is 0 Å². The van der Waals surface area contributed by atoms with Crippen LogP contribution in [0.1, 0.15) is 0 Å². The van der Waals surface area contributed by atoms with Gasteiger partial charge in [-0.2, -0.15) is 0 Å². The highest BCUT2D eigenvalue weighted by Crippen LogP contribution is 2.54. The summed E-state index contributed by atoms with van der Waals surface area (Å²) in [5.74, 6) is 0. The van der Waals surface area contributed by atoms with E-state index in [1.54, 1.807) is 14.1 Å². The molecular weight excluding hydrogens is 249 g/mol. The van der Waals surface area contributed by atoms with Gasteiger partial charge in [-0.25, -0.2) is 4.67 Å². The van der Waals surface area contributed by atoms with E-state index in [0.717, 1.165) is 0 Å². The molecule has 0 aromatic heterocycles. The third-order valence-corrected chi connectivity index (χ3v) is 4.89. The first-order chi connectivity index (χ1) is 7.31. The van der Waals surface area contributed by atoms with E-state index in [-0.39, 0.29) is 18.7 Å². The van der Waals surface area contributed by atoms with Crippen LogP contribution in [0.15, 0.2) is 0 Å². The summed E-state index contributed by atoms with van der Waals surface area (Å²) in [7, 11) is 10.8. The number of halogens is 1. The summed E-state index contributed by atoms with van der Waals surface area (Å²) in [5.41, 5.74) is 0. The van der Waals surface area contributed by atoms with Gasteiger partial charge in [0, 0.05) is 19.1 Å². The van der Waals surface area contributed by atoms with Crippen LogP contribution in [0.5, 0.6) is 0 Å². The molecule has 3 atom stereocenters. The number of likely N-dealkylation sites (N-methyl/N-ethyl adjacent to an activating group) is 1. The maximum Gasteiger partial charge on any atom is 0.362 e. The van der Waals surface area contributed by atoms with Crippen LogP contribution >= 0.6 is 18.1 Å². The maximum absolute atomic E-state index is 11.7. The number of morpholine rings is 1. The third-order valence-electron chi connectivity index (χ3n) is 2.27. The number of hydrogen-bond acceptors (Lipinski definition) is 4. The smallest absolute Gasteiger partial charge is 0.362 e. The largest absolute Gasteiger partial charge is 0.380 e. The lowest BCUT2D eigenvalue weighted by atomic mass is 9.98. The summed E-state index contributed by atoms with van der Waals surface area (Å²) >= 11 is 5.72. The molecule has 2 radical (unpaired) electrons. The predicted octanol–water partition coefficient (Wildman–Crippen LogP) is 0.737. The molecule has 1 aliphatic heterocycles. The Bertz CT molecular complexity index is 272. The summed E-state index contributed by atoms with van der Waals surface area (Å²) in [6.07, 6.45) is -0.194. The Morgan fingerprint density at radius 2 is 2.25 bits per heavy atom. The summed E-state index contributed by atoms with van der Waals surface area (Å²) in [6, 6.07) is -0.332. The zero-order chi connectivity index (χ0) is 12.3. The van der Waals surface area contributed by atoms with Crippen LogP contribution in [0.25, 0.3) is 0 Å². The van der Waals surface area contributed by atoms with Gasteiger partial charge in [-0.3, -0.25) is 4.57 Å². The quantitative estimate of drug-likeness (QED) is 0.554. The Morgan fingerprint density at radius 3 is 2.75 bits per heavy atom. The van der Waals surface area contributed by atoms with Crippen molar-refractivity contribution in [1.82, 2.24) is 9.57 Å². The molecule has 0 aromatic carbocycles. The second kappa shape index (κ2) is 5.85. The number of hydrogen-bond donors (Lipinski definition) is 0. The lowest BCUT2D eigenvalue weighted by molar-refractivity contribution is -0.0596. The van der Waals surface area contributed by atoms with E-state index in [0.29, 0.717) is 13.1 Å². The molecule has 1 saturated heterocycles. The lowest BCUT2D eigenvalue weighted by Crippen LogP contribution is -2.47. The summed E-state index contributed by atoms with van der Waals surface area (Å²) in [5, 5.41) is 0. The Balaban J connectivity index is 2.40. The van der Waals surface area contributed by atoms with E-state index >= 15 is 0 Å². The molecule has 0 aromatic rings. The molecule has 1 fully saturated rings. The SMILES string of the molecule is [B]C1CN(C)CC(COP(=O)(Cl)N(C)C)O1. The van der Waals surface area contributed by atoms with E-state index < -0.39 is 6.87 Å². The van der Waals surface area contributed by atoms with Crippen molar-refractivity contribution in [1.29, 1.82) is 0 Å². The van der Waals surface area contributed by atoms with Crippen LogP contribution in [0, 0.1) is 0 Å². The van der Waals surface area contributed by atoms with Gasteiger partial charge in [-0.15, -0.1) is 0 Å². The highest BCUT2D eigenvalue weighted by molar-refractivity contribution is 7.83. The van der Waals surface area contributed by atoms with E-state index in [1.165, 1.54) is 4.67 Å². The lowest BCUT2D eigenvalue weighted by Gasteiger charge is -2.35. The fraction of sp³-hybridized carbons (Fsp3) is 1.00. The van der Waals surface area contributed by atoms with Crippen molar-refractivity contribution in [3.05, 3.63) is 0 Å². The number of nitrogens with zero attached hydrogens (tertiary/aromatic N) is 2. The van der Waals surface area contributed by atoms with Crippen molar-refractivity contribution < 1.29 is 13.8 Å². The van der Waals surface area contributed by atoms with Crippen molar-refractivity contribution in [3.63, 3.8) is 0 Å². The van der Waals surface area contributed by atoms with Gasteiger partial charge in [0.05, 0.1) is 12.7 Å². The van der Waals surface area contributed by atoms with Gasteiger partial charge in [0.25, 0.3) is 0 Å². The van der Waals surface area contributed by atoms with Crippen molar-refractivity contribution in [2.24, 2.45) is 0 Å². The summed E-state index contributed by atoms with van der Waals surface area (Å²) < 4.78 is 23.7. The van der Waals surface area contributed by atoms with E-state index in [2.05, 4.69) is 0 Å².